The first kappa shape index (κ1) is 14.7. The molecule has 0 aliphatic heterocycles. The van der Waals surface area contributed by atoms with E-state index in [1.165, 1.54) is 12.1 Å². The molecule has 0 spiro atoms. The van der Waals surface area contributed by atoms with Crippen molar-refractivity contribution in [3.63, 3.8) is 0 Å². The smallest absolute Gasteiger partial charge is 0.258 e. The Balaban J connectivity index is 1.70. The van der Waals surface area contributed by atoms with Crippen LogP contribution in [0.25, 0.3) is 11.5 Å². The van der Waals surface area contributed by atoms with Crippen LogP contribution in [0.5, 0.6) is 5.75 Å². The minimum absolute atomic E-state index is 0.138. The first-order valence-corrected chi connectivity index (χ1v) is 7.38. The number of hydrogen-bond donors (Lipinski definition) is 0. The lowest BCUT2D eigenvalue weighted by molar-refractivity contribution is 0.285. The summed E-state index contributed by atoms with van der Waals surface area (Å²) in [6, 6.07) is 12.0. The molecule has 112 valence electrons. The molecule has 0 saturated heterocycles. The molecule has 6 heteroatoms. The van der Waals surface area contributed by atoms with Crippen LogP contribution in [0.15, 0.2) is 51.5 Å². The summed E-state index contributed by atoms with van der Waals surface area (Å²) in [4.78, 5) is 4.28. The summed E-state index contributed by atoms with van der Waals surface area (Å²) < 4.78 is 24.3. The molecule has 0 unspecified atom stereocenters. The summed E-state index contributed by atoms with van der Waals surface area (Å²) in [6.07, 6.45) is 0. The third-order valence-electron chi connectivity index (χ3n) is 3.02. The maximum Gasteiger partial charge on any atom is 0.258 e. The average molecular weight is 363 g/mol. The van der Waals surface area contributed by atoms with Gasteiger partial charge in [-0.15, -0.1) is 0 Å². The molecular weight excluding hydrogens is 351 g/mol. The van der Waals surface area contributed by atoms with E-state index in [0.29, 0.717) is 21.9 Å². The fourth-order valence-corrected chi connectivity index (χ4v) is 2.33. The van der Waals surface area contributed by atoms with E-state index in [1.807, 2.05) is 31.2 Å². The highest BCUT2D eigenvalue weighted by atomic mass is 79.9. The Labute approximate surface area is 135 Å². The standard InChI is InChI=1S/C16H12BrFN2O2/c1-10-2-4-11(5-3-10)16-19-15(20-22-16)9-21-14-7-6-12(18)8-13(14)17/h2-8H,9H2,1H3. The summed E-state index contributed by atoms with van der Waals surface area (Å²) in [6.45, 7) is 2.15. The van der Waals surface area contributed by atoms with Gasteiger partial charge in [-0.05, 0) is 53.2 Å². The fraction of sp³-hybridized carbons (Fsp3) is 0.125. The van der Waals surface area contributed by atoms with E-state index in [0.717, 1.165) is 11.1 Å². The molecule has 0 radical (unpaired) electrons. The molecule has 0 aliphatic rings. The van der Waals surface area contributed by atoms with Gasteiger partial charge in [-0.3, -0.25) is 0 Å². The molecule has 0 fully saturated rings. The van der Waals surface area contributed by atoms with Crippen LogP contribution in [0, 0.1) is 12.7 Å². The van der Waals surface area contributed by atoms with Gasteiger partial charge in [0.2, 0.25) is 5.82 Å². The van der Waals surface area contributed by atoms with Gasteiger partial charge in [-0.2, -0.15) is 4.98 Å². The Morgan fingerprint density at radius 2 is 1.95 bits per heavy atom. The maximum atomic E-state index is 13.0. The van der Waals surface area contributed by atoms with E-state index in [-0.39, 0.29) is 12.4 Å². The number of nitrogens with zero attached hydrogens (tertiary/aromatic N) is 2. The van der Waals surface area contributed by atoms with Gasteiger partial charge >= 0.3 is 0 Å². The van der Waals surface area contributed by atoms with E-state index >= 15 is 0 Å². The number of halogens is 2. The van der Waals surface area contributed by atoms with Crippen LogP contribution >= 0.6 is 15.9 Å². The third-order valence-corrected chi connectivity index (χ3v) is 3.64. The second-order valence-electron chi connectivity index (χ2n) is 4.75. The summed E-state index contributed by atoms with van der Waals surface area (Å²) in [7, 11) is 0. The minimum Gasteiger partial charge on any atom is -0.484 e. The number of aryl methyl sites for hydroxylation is 1. The Hall–Kier alpha value is -2.21. The third kappa shape index (κ3) is 3.33. The highest BCUT2D eigenvalue weighted by Crippen LogP contribution is 2.26. The zero-order chi connectivity index (χ0) is 15.5. The monoisotopic (exact) mass is 362 g/mol. The summed E-state index contributed by atoms with van der Waals surface area (Å²) in [5.41, 5.74) is 2.01. The van der Waals surface area contributed by atoms with Crippen LogP contribution in [-0.2, 0) is 6.61 Å². The number of aromatic nitrogens is 2. The molecule has 0 saturated carbocycles. The molecule has 0 bridgehead atoms. The number of rotatable bonds is 4. The van der Waals surface area contributed by atoms with Gasteiger partial charge in [0.15, 0.2) is 6.61 Å². The molecule has 0 N–H and O–H groups in total. The molecule has 1 heterocycles. The highest BCUT2D eigenvalue weighted by molar-refractivity contribution is 9.10. The first-order valence-electron chi connectivity index (χ1n) is 6.59. The molecule has 4 nitrogen and oxygen atoms in total. The van der Waals surface area contributed by atoms with Gasteiger partial charge < -0.3 is 9.26 Å². The van der Waals surface area contributed by atoms with Crippen LogP contribution in [0.1, 0.15) is 11.4 Å². The topological polar surface area (TPSA) is 48.2 Å². The second kappa shape index (κ2) is 6.27. The zero-order valence-corrected chi connectivity index (χ0v) is 13.3. The molecule has 1 aromatic heterocycles. The van der Waals surface area contributed by atoms with Crippen LogP contribution in [-0.4, -0.2) is 10.1 Å². The maximum absolute atomic E-state index is 13.0. The van der Waals surface area contributed by atoms with Crippen LogP contribution in [0.3, 0.4) is 0 Å². The van der Waals surface area contributed by atoms with Crippen LogP contribution in [0.4, 0.5) is 4.39 Å². The quantitative estimate of drug-likeness (QED) is 0.684. The Morgan fingerprint density at radius 1 is 1.18 bits per heavy atom. The summed E-state index contributed by atoms with van der Waals surface area (Å²) >= 11 is 3.24. The van der Waals surface area contributed by atoms with Crippen molar-refractivity contribution in [2.45, 2.75) is 13.5 Å². The van der Waals surface area contributed by atoms with Gasteiger partial charge in [-0.25, -0.2) is 4.39 Å². The number of hydrogen-bond acceptors (Lipinski definition) is 4. The lowest BCUT2D eigenvalue weighted by atomic mass is 10.1. The largest absolute Gasteiger partial charge is 0.484 e. The van der Waals surface area contributed by atoms with Crippen molar-refractivity contribution in [3.8, 4) is 17.2 Å². The Kier molecular flexibility index (Phi) is 4.20. The van der Waals surface area contributed by atoms with Crippen LogP contribution in [0.2, 0.25) is 0 Å². The molecule has 3 aromatic rings. The van der Waals surface area contributed by atoms with Crippen molar-refractivity contribution < 1.29 is 13.7 Å². The van der Waals surface area contributed by atoms with Gasteiger partial charge in [0.05, 0.1) is 4.47 Å². The van der Waals surface area contributed by atoms with E-state index in [2.05, 4.69) is 26.1 Å². The normalized spacial score (nSPS) is 10.7. The molecule has 3 rings (SSSR count). The summed E-state index contributed by atoms with van der Waals surface area (Å²) in [5, 5.41) is 3.88. The van der Waals surface area contributed by atoms with E-state index in [1.54, 1.807) is 6.07 Å². The molecule has 0 amide bonds. The molecule has 2 aromatic carbocycles. The first-order chi connectivity index (χ1) is 10.6. The highest BCUT2D eigenvalue weighted by Gasteiger charge is 2.10. The van der Waals surface area contributed by atoms with E-state index in [4.69, 9.17) is 9.26 Å². The van der Waals surface area contributed by atoms with Gasteiger partial charge in [0.25, 0.3) is 5.89 Å². The Bertz CT molecular complexity index is 787. The van der Waals surface area contributed by atoms with Crippen molar-refractivity contribution in [3.05, 3.63) is 64.1 Å². The fourth-order valence-electron chi connectivity index (χ4n) is 1.86. The van der Waals surface area contributed by atoms with Crippen molar-refractivity contribution in [1.29, 1.82) is 0 Å². The van der Waals surface area contributed by atoms with Gasteiger partial charge in [0, 0.05) is 5.56 Å². The zero-order valence-electron chi connectivity index (χ0n) is 11.7. The molecule has 0 atom stereocenters. The second-order valence-corrected chi connectivity index (χ2v) is 5.60. The lowest BCUT2D eigenvalue weighted by Gasteiger charge is -2.05. The molecule has 22 heavy (non-hydrogen) atoms. The number of benzene rings is 2. The lowest BCUT2D eigenvalue weighted by Crippen LogP contribution is -1.98. The molecule has 0 aliphatic carbocycles. The SMILES string of the molecule is Cc1ccc(-c2nc(COc3ccc(F)cc3Br)no2)cc1. The van der Waals surface area contributed by atoms with Crippen molar-refractivity contribution in [2.24, 2.45) is 0 Å². The molecular formula is C16H12BrFN2O2. The number of ether oxygens (including phenoxy) is 1. The average Bonchev–Trinajstić information content (AvgIpc) is 2.96. The van der Waals surface area contributed by atoms with E-state index in [9.17, 15) is 4.39 Å². The Morgan fingerprint density at radius 3 is 2.68 bits per heavy atom. The van der Waals surface area contributed by atoms with E-state index < -0.39 is 0 Å². The van der Waals surface area contributed by atoms with Crippen molar-refractivity contribution >= 4 is 15.9 Å². The predicted molar refractivity (Wildman–Crippen MR) is 82.9 cm³/mol. The van der Waals surface area contributed by atoms with Gasteiger partial charge in [-0.1, -0.05) is 22.9 Å². The summed E-state index contributed by atoms with van der Waals surface area (Å²) in [5.74, 6) is 1.05. The predicted octanol–water partition coefficient (Wildman–Crippen LogP) is 4.53. The van der Waals surface area contributed by atoms with Gasteiger partial charge in [0.1, 0.15) is 11.6 Å². The van der Waals surface area contributed by atoms with Crippen molar-refractivity contribution in [2.75, 3.05) is 0 Å². The minimum atomic E-state index is -0.333. The van der Waals surface area contributed by atoms with Crippen LogP contribution < -0.4 is 4.74 Å². The van der Waals surface area contributed by atoms with Crippen molar-refractivity contribution in [1.82, 2.24) is 10.1 Å².